The van der Waals surface area contributed by atoms with Crippen molar-refractivity contribution in [3.8, 4) is 5.75 Å². The molecule has 0 radical (unpaired) electrons. The van der Waals surface area contributed by atoms with Crippen LogP contribution in [0.15, 0.2) is 24.3 Å². The summed E-state index contributed by atoms with van der Waals surface area (Å²) in [6.45, 7) is 0. The van der Waals surface area contributed by atoms with Crippen LogP contribution in [0, 0.1) is 0 Å². The van der Waals surface area contributed by atoms with Crippen molar-refractivity contribution >= 4 is 5.78 Å². The molecule has 0 aliphatic heterocycles. The maximum Gasteiger partial charge on any atom is 0.573 e. The summed E-state index contributed by atoms with van der Waals surface area (Å²) in [7, 11) is 0. The summed E-state index contributed by atoms with van der Waals surface area (Å²) < 4.78 is 71.1. The molecular formula is C13H13F3O2. The minimum atomic E-state index is -4.81. The van der Waals surface area contributed by atoms with Crippen LogP contribution < -0.4 is 4.74 Å². The fourth-order valence-corrected chi connectivity index (χ4v) is 1.73. The van der Waals surface area contributed by atoms with Gasteiger partial charge in [0.1, 0.15) is 11.5 Å². The molecule has 5 heteroatoms. The Kier molecular flexibility index (Phi) is 2.38. The second-order valence-electron chi connectivity index (χ2n) is 3.90. The van der Waals surface area contributed by atoms with Crippen molar-refractivity contribution in [3.63, 3.8) is 0 Å². The van der Waals surface area contributed by atoms with Gasteiger partial charge in [-0.2, -0.15) is 0 Å². The molecule has 1 aliphatic carbocycles. The van der Waals surface area contributed by atoms with Crippen molar-refractivity contribution in [2.45, 2.75) is 37.9 Å². The number of alkyl halides is 3. The molecule has 1 saturated carbocycles. The third-order valence-electron chi connectivity index (χ3n) is 2.56. The Morgan fingerprint density at radius 2 is 1.94 bits per heavy atom. The lowest BCUT2D eigenvalue weighted by Gasteiger charge is -2.21. The highest BCUT2D eigenvalue weighted by Crippen LogP contribution is 2.32. The number of hydrogen-bond donors (Lipinski definition) is 0. The van der Waals surface area contributed by atoms with Crippen molar-refractivity contribution in [3.05, 3.63) is 29.8 Å². The van der Waals surface area contributed by atoms with Crippen molar-refractivity contribution in [2.75, 3.05) is 0 Å². The summed E-state index contributed by atoms with van der Waals surface area (Å²) in [4.78, 5) is 11.6. The number of Topliss-reactive ketones (excluding diaryl/α,β-unsaturated/α-hetero) is 1. The predicted octanol–water partition coefficient (Wildman–Crippen LogP) is 3.81. The van der Waals surface area contributed by atoms with Gasteiger partial charge in [-0.1, -0.05) is 12.1 Å². The normalized spacial score (nSPS) is 29.7. The van der Waals surface area contributed by atoms with Gasteiger partial charge in [-0.05, 0) is 36.4 Å². The van der Waals surface area contributed by atoms with Gasteiger partial charge in [-0.25, -0.2) is 0 Å². The van der Waals surface area contributed by atoms with Gasteiger partial charge in [0.05, 0.1) is 0 Å². The number of ketones is 1. The zero-order valence-corrected chi connectivity index (χ0v) is 9.25. The zero-order chi connectivity index (χ0) is 16.8. The molecule has 18 heavy (non-hydrogen) atoms. The van der Waals surface area contributed by atoms with Gasteiger partial charge in [0.15, 0.2) is 0 Å². The third-order valence-corrected chi connectivity index (χ3v) is 2.56. The van der Waals surface area contributed by atoms with E-state index >= 15 is 0 Å². The Bertz CT molecular complexity index is 570. The largest absolute Gasteiger partial charge is 0.573 e. The molecule has 0 saturated heterocycles. The van der Waals surface area contributed by atoms with E-state index in [4.69, 9.17) is 5.48 Å². The Balaban J connectivity index is 2.26. The Morgan fingerprint density at radius 3 is 2.56 bits per heavy atom. The van der Waals surface area contributed by atoms with E-state index in [0.29, 0.717) is 5.56 Å². The number of rotatable bonds is 2. The van der Waals surface area contributed by atoms with Crippen molar-refractivity contribution < 1.29 is 28.2 Å². The average molecular weight is 262 g/mol. The molecule has 1 atom stereocenters. The van der Waals surface area contributed by atoms with Crippen LogP contribution in [0.4, 0.5) is 13.2 Å². The molecule has 1 fully saturated rings. The van der Waals surface area contributed by atoms with Crippen LogP contribution in [0.5, 0.6) is 5.75 Å². The van der Waals surface area contributed by atoms with Crippen LogP contribution in [0.25, 0.3) is 0 Å². The van der Waals surface area contributed by atoms with Crippen LogP contribution in [0.3, 0.4) is 0 Å². The second kappa shape index (κ2) is 5.00. The number of hydrogen-bond acceptors (Lipinski definition) is 2. The van der Waals surface area contributed by atoms with Gasteiger partial charge in [0, 0.05) is 18.3 Å². The van der Waals surface area contributed by atoms with Crippen LogP contribution >= 0.6 is 0 Å². The van der Waals surface area contributed by atoms with Gasteiger partial charge >= 0.3 is 6.36 Å². The highest BCUT2D eigenvalue weighted by Gasteiger charge is 2.31. The molecule has 2 rings (SSSR count). The second-order valence-corrected chi connectivity index (χ2v) is 3.90. The average Bonchev–Trinajstić information content (AvgIpc) is 2.36. The number of ether oxygens (including phenoxy) is 1. The molecule has 1 unspecified atom stereocenters. The SMILES string of the molecule is [2H]C1([2H])C(=O)CCC(c2ccc(OC(F)(F)F)cc2)C1([2H])[2H]. The lowest BCUT2D eigenvalue weighted by atomic mass is 9.83. The first-order chi connectivity index (χ1) is 9.95. The van der Waals surface area contributed by atoms with E-state index in [1.165, 1.54) is 12.1 Å². The molecule has 0 N–H and O–H groups in total. The number of halogens is 3. The lowest BCUT2D eigenvalue weighted by Crippen LogP contribution is -2.17. The fourth-order valence-electron chi connectivity index (χ4n) is 1.73. The van der Waals surface area contributed by atoms with Crippen LogP contribution in [0.1, 0.15) is 42.6 Å². The molecule has 1 aromatic rings. The summed E-state index contributed by atoms with van der Waals surface area (Å²) in [5.41, 5.74) is 0.330. The first kappa shape index (κ1) is 8.56. The quantitative estimate of drug-likeness (QED) is 0.810. The molecule has 0 bridgehead atoms. The van der Waals surface area contributed by atoms with Crippen LogP contribution in [-0.2, 0) is 4.79 Å². The lowest BCUT2D eigenvalue weighted by molar-refractivity contribution is -0.274. The molecule has 1 aromatic carbocycles. The molecule has 1 aliphatic rings. The highest BCUT2D eigenvalue weighted by molar-refractivity contribution is 5.79. The number of carbonyl (C=O) groups is 1. The number of carbonyl (C=O) groups excluding carboxylic acids is 1. The summed E-state index contributed by atoms with van der Waals surface area (Å²) in [5.74, 6) is -2.15. The summed E-state index contributed by atoms with van der Waals surface area (Å²) in [6, 6.07) is 4.61. The Morgan fingerprint density at radius 1 is 1.28 bits per heavy atom. The summed E-state index contributed by atoms with van der Waals surface area (Å²) >= 11 is 0. The van der Waals surface area contributed by atoms with Gasteiger partial charge in [0.25, 0.3) is 0 Å². The molecule has 0 aromatic heterocycles. The first-order valence-electron chi connectivity index (χ1n) is 7.34. The zero-order valence-electron chi connectivity index (χ0n) is 13.3. The smallest absolute Gasteiger partial charge is 0.406 e. The van der Waals surface area contributed by atoms with E-state index in [1.54, 1.807) is 0 Å². The predicted molar refractivity (Wildman–Crippen MR) is 59.3 cm³/mol. The molecule has 2 nitrogen and oxygen atoms in total. The standard InChI is InChI=1S/C13H13F3O2/c14-13(15,16)18-12-7-3-10(4-8-12)9-1-5-11(17)6-2-9/h3-4,7-9H,1-2,5-6H2/i1D2,5D2. The fraction of sp³-hybridized carbons (Fsp3) is 0.462. The monoisotopic (exact) mass is 262 g/mol. The third kappa shape index (κ3) is 3.48. The highest BCUT2D eigenvalue weighted by atomic mass is 19.4. The maximum absolute atomic E-state index is 12.1. The van der Waals surface area contributed by atoms with Crippen molar-refractivity contribution in [1.82, 2.24) is 0 Å². The van der Waals surface area contributed by atoms with Gasteiger partial charge in [0.2, 0.25) is 0 Å². The molecule has 0 heterocycles. The van der Waals surface area contributed by atoms with Gasteiger partial charge in [-0.3, -0.25) is 4.79 Å². The van der Waals surface area contributed by atoms with Crippen LogP contribution in [0.2, 0.25) is 0 Å². The summed E-state index contributed by atoms with van der Waals surface area (Å²) in [6.07, 6.45) is -9.89. The van der Waals surface area contributed by atoms with Crippen molar-refractivity contribution in [2.24, 2.45) is 0 Å². The van der Waals surface area contributed by atoms with E-state index < -0.39 is 36.6 Å². The molecule has 98 valence electrons. The molecule has 0 spiro atoms. The Hall–Kier alpha value is -1.52. The van der Waals surface area contributed by atoms with Crippen molar-refractivity contribution in [1.29, 1.82) is 0 Å². The Labute approximate surface area is 108 Å². The minimum absolute atomic E-state index is 0.102. The molecular weight excluding hydrogens is 245 g/mol. The van der Waals surface area contributed by atoms with Gasteiger partial charge in [-0.15, -0.1) is 13.2 Å². The molecule has 0 amide bonds. The van der Waals surface area contributed by atoms with E-state index in [0.717, 1.165) is 12.1 Å². The van der Waals surface area contributed by atoms with E-state index in [1.807, 2.05) is 0 Å². The van der Waals surface area contributed by atoms with E-state index in [2.05, 4.69) is 4.74 Å². The first-order valence-corrected chi connectivity index (χ1v) is 5.34. The topological polar surface area (TPSA) is 26.3 Å². The maximum atomic E-state index is 12.1. The van der Waals surface area contributed by atoms with Crippen LogP contribution in [-0.4, -0.2) is 12.1 Å². The minimum Gasteiger partial charge on any atom is -0.406 e. The van der Waals surface area contributed by atoms with Gasteiger partial charge < -0.3 is 4.74 Å². The van der Waals surface area contributed by atoms with E-state index in [-0.39, 0.29) is 12.8 Å². The summed E-state index contributed by atoms with van der Waals surface area (Å²) in [5, 5.41) is 0. The number of benzene rings is 1. The van der Waals surface area contributed by atoms with E-state index in [9.17, 15) is 18.0 Å².